The molecule has 2 aromatic carbocycles. The van der Waals surface area contributed by atoms with Crippen LogP contribution < -0.4 is 10.1 Å². The minimum absolute atomic E-state index is 0.432. The van der Waals surface area contributed by atoms with Crippen LogP contribution in [0.3, 0.4) is 0 Å². The molecule has 0 spiro atoms. The van der Waals surface area contributed by atoms with Crippen molar-refractivity contribution in [1.82, 2.24) is 0 Å². The van der Waals surface area contributed by atoms with Crippen molar-refractivity contribution in [2.45, 2.75) is 57.4 Å². The van der Waals surface area contributed by atoms with Crippen molar-refractivity contribution in [2.75, 3.05) is 12.4 Å². The van der Waals surface area contributed by atoms with E-state index in [-0.39, 0.29) is 0 Å². The lowest BCUT2D eigenvalue weighted by atomic mass is 9.55. The van der Waals surface area contributed by atoms with Gasteiger partial charge in [-0.05, 0) is 97.1 Å². The van der Waals surface area contributed by atoms with Crippen LogP contribution in [0.5, 0.6) is 5.75 Å². The maximum atomic E-state index is 5.46. The van der Waals surface area contributed by atoms with Crippen molar-refractivity contribution in [1.29, 1.82) is 0 Å². The average molecular weight is 362 g/mol. The molecule has 3 aliphatic rings. The molecule has 5 rings (SSSR count). The molecule has 2 heteroatoms. The van der Waals surface area contributed by atoms with Crippen molar-refractivity contribution in [3.63, 3.8) is 0 Å². The molecule has 3 aliphatic carbocycles. The zero-order valence-corrected chi connectivity index (χ0v) is 16.6. The Morgan fingerprint density at radius 1 is 1.00 bits per heavy atom. The summed E-state index contributed by atoms with van der Waals surface area (Å²) in [6.45, 7) is 2.57. The summed E-state index contributed by atoms with van der Waals surface area (Å²) in [5, 5.41) is 3.89. The smallest absolute Gasteiger partial charge is 0.119 e. The molecule has 0 aromatic heterocycles. The van der Waals surface area contributed by atoms with Gasteiger partial charge in [0.05, 0.1) is 7.11 Å². The van der Waals surface area contributed by atoms with Gasteiger partial charge < -0.3 is 10.1 Å². The fourth-order valence-electron chi connectivity index (χ4n) is 6.66. The van der Waals surface area contributed by atoms with Crippen LogP contribution in [0.2, 0.25) is 0 Å². The number of fused-ring (bicyclic) bond motifs is 5. The van der Waals surface area contributed by atoms with Crippen LogP contribution in [0.15, 0.2) is 48.5 Å². The third-order valence-electron chi connectivity index (χ3n) is 8.05. The molecule has 0 heterocycles. The van der Waals surface area contributed by atoms with E-state index in [2.05, 4.69) is 60.8 Å². The Morgan fingerprint density at radius 3 is 2.67 bits per heavy atom. The summed E-state index contributed by atoms with van der Waals surface area (Å²) in [6.07, 6.45) is 7.95. The molecule has 0 aliphatic heterocycles. The Bertz CT molecular complexity index is 816. The molecular weight excluding hydrogens is 330 g/mol. The van der Waals surface area contributed by atoms with Gasteiger partial charge in [-0.1, -0.05) is 31.2 Å². The van der Waals surface area contributed by atoms with Crippen molar-refractivity contribution in [2.24, 2.45) is 17.3 Å². The first-order valence-electron chi connectivity index (χ1n) is 10.7. The molecule has 2 fully saturated rings. The molecular formula is C25H31NO. The standard InChI is InChI=1S/C25H31NO/c1-25-15-14-21-20-11-9-19(27-2)16-17(20)8-10-22(21)23(25)12-13-24(25)26-18-6-4-3-5-7-18/h3-7,9,11,16,21-24,26H,8,10,12-15H2,1-2H3/t21-,22-,23+,24+,25+/m1/s1. The highest BCUT2D eigenvalue weighted by Crippen LogP contribution is 2.61. The molecule has 142 valence electrons. The third-order valence-corrected chi connectivity index (χ3v) is 8.05. The highest BCUT2D eigenvalue weighted by Gasteiger charge is 2.54. The topological polar surface area (TPSA) is 21.3 Å². The van der Waals surface area contributed by atoms with E-state index in [1.807, 2.05) is 0 Å². The second-order valence-corrected chi connectivity index (χ2v) is 9.17. The van der Waals surface area contributed by atoms with Crippen molar-refractivity contribution in [3.05, 3.63) is 59.7 Å². The van der Waals surface area contributed by atoms with Gasteiger partial charge >= 0.3 is 0 Å². The van der Waals surface area contributed by atoms with Gasteiger partial charge in [0.25, 0.3) is 0 Å². The third kappa shape index (κ3) is 2.76. The van der Waals surface area contributed by atoms with Crippen LogP contribution in [-0.2, 0) is 6.42 Å². The summed E-state index contributed by atoms with van der Waals surface area (Å²) < 4.78 is 5.46. The Kier molecular flexibility index (Phi) is 4.18. The van der Waals surface area contributed by atoms with Crippen molar-refractivity contribution in [3.8, 4) is 5.75 Å². The van der Waals surface area contributed by atoms with Gasteiger partial charge in [-0.2, -0.15) is 0 Å². The zero-order valence-electron chi connectivity index (χ0n) is 16.6. The fraction of sp³-hybridized carbons (Fsp3) is 0.520. The largest absolute Gasteiger partial charge is 0.497 e. The molecule has 2 saturated carbocycles. The van der Waals surface area contributed by atoms with Crippen molar-refractivity contribution < 1.29 is 4.74 Å². The molecule has 0 amide bonds. The van der Waals surface area contributed by atoms with Gasteiger partial charge in [0.2, 0.25) is 0 Å². The van der Waals surface area contributed by atoms with Crippen LogP contribution in [0.1, 0.15) is 56.1 Å². The summed E-state index contributed by atoms with van der Waals surface area (Å²) in [5.41, 5.74) is 4.87. The van der Waals surface area contributed by atoms with E-state index in [0.29, 0.717) is 11.5 Å². The molecule has 0 saturated heterocycles. The van der Waals surface area contributed by atoms with E-state index >= 15 is 0 Å². The predicted molar refractivity (Wildman–Crippen MR) is 111 cm³/mol. The van der Waals surface area contributed by atoms with Gasteiger partial charge in [0, 0.05) is 11.7 Å². The number of hydrogen-bond acceptors (Lipinski definition) is 2. The van der Waals surface area contributed by atoms with E-state index in [9.17, 15) is 0 Å². The first-order chi connectivity index (χ1) is 13.2. The van der Waals surface area contributed by atoms with Crippen molar-refractivity contribution >= 4 is 5.69 Å². The van der Waals surface area contributed by atoms with E-state index < -0.39 is 0 Å². The van der Waals surface area contributed by atoms with Gasteiger partial charge in [0.15, 0.2) is 0 Å². The molecule has 27 heavy (non-hydrogen) atoms. The molecule has 2 aromatic rings. The Hall–Kier alpha value is -1.96. The SMILES string of the molecule is COc1ccc2c(c1)CC[C@@H]1[C@@H]2CC[C@]2(C)[C@@H](Nc3ccccc3)CC[C@@H]12. The number of nitrogens with one attached hydrogen (secondary N) is 1. The number of aryl methyl sites for hydroxylation is 1. The van der Waals surface area contributed by atoms with E-state index in [4.69, 9.17) is 4.74 Å². The summed E-state index contributed by atoms with van der Waals surface area (Å²) in [5.74, 6) is 3.48. The first kappa shape index (κ1) is 17.2. The summed E-state index contributed by atoms with van der Waals surface area (Å²) in [4.78, 5) is 0. The van der Waals surface area contributed by atoms with Crippen LogP contribution in [0.4, 0.5) is 5.69 Å². The molecule has 5 atom stereocenters. The van der Waals surface area contributed by atoms with Crippen LogP contribution in [-0.4, -0.2) is 13.2 Å². The lowest BCUT2D eigenvalue weighted by molar-refractivity contribution is 0.0535. The number of para-hydroxylation sites is 1. The quantitative estimate of drug-likeness (QED) is 0.720. The highest BCUT2D eigenvalue weighted by atomic mass is 16.5. The summed E-state index contributed by atoms with van der Waals surface area (Å²) >= 11 is 0. The van der Waals surface area contributed by atoms with Crippen LogP contribution >= 0.6 is 0 Å². The summed E-state index contributed by atoms with van der Waals surface area (Å²) in [6, 6.07) is 18.2. The van der Waals surface area contributed by atoms with Gasteiger partial charge in [-0.3, -0.25) is 0 Å². The zero-order chi connectivity index (χ0) is 18.4. The number of methoxy groups -OCH3 is 1. The average Bonchev–Trinajstić information content (AvgIpc) is 3.04. The number of benzene rings is 2. The molecule has 0 bridgehead atoms. The molecule has 0 radical (unpaired) electrons. The second-order valence-electron chi connectivity index (χ2n) is 9.17. The molecule has 0 unspecified atom stereocenters. The Balaban J connectivity index is 1.40. The molecule has 2 nitrogen and oxygen atoms in total. The lowest BCUT2D eigenvalue weighted by Crippen LogP contribution is -2.46. The molecule has 1 N–H and O–H groups in total. The predicted octanol–water partition coefficient (Wildman–Crippen LogP) is 6.03. The number of ether oxygens (including phenoxy) is 1. The Morgan fingerprint density at radius 2 is 1.85 bits per heavy atom. The fourth-order valence-corrected chi connectivity index (χ4v) is 6.66. The van der Waals surface area contributed by atoms with E-state index in [1.165, 1.54) is 49.8 Å². The maximum absolute atomic E-state index is 5.46. The minimum atomic E-state index is 0.432. The Labute approximate surface area is 163 Å². The van der Waals surface area contributed by atoms with E-state index in [1.54, 1.807) is 12.7 Å². The lowest BCUT2D eigenvalue weighted by Gasteiger charge is -2.51. The van der Waals surface area contributed by atoms with Gasteiger partial charge in [-0.15, -0.1) is 0 Å². The number of anilines is 1. The second kappa shape index (κ2) is 6.58. The van der Waals surface area contributed by atoms with E-state index in [0.717, 1.165) is 23.5 Å². The monoisotopic (exact) mass is 361 g/mol. The first-order valence-corrected chi connectivity index (χ1v) is 10.7. The van der Waals surface area contributed by atoms with Gasteiger partial charge in [-0.25, -0.2) is 0 Å². The number of hydrogen-bond donors (Lipinski definition) is 1. The van der Waals surface area contributed by atoms with Crippen LogP contribution in [0, 0.1) is 17.3 Å². The summed E-state index contributed by atoms with van der Waals surface area (Å²) in [7, 11) is 1.78. The minimum Gasteiger partial charge on any atom is -0.497 e. The number of rotatable bonds is 3. The highest BCUT2D eigenvalue weighted by molar-refractivity contribution is 5.45. The normalized spacial score (nSPS) is 34.3. The van der Waals surface area contributed by atoms with Crippen LogP contribution in [0.25, 0.3) is 0 Å². The van der Waals surface area contributed by atoms with Gasteiger partial charge in [0.1, 0.15) is 5.75 Å². The maximum Gasteiger partial charge on any atom is 0.119 e.